The molecule has 0 radical (unpaired) electrons. The summed E-state index contributed by atoms with van der Waals surface area (Å²) in [6, 6.07) is 7.58. The first-order valence-corrected chi connectivity index (χ1v) is 9.21. The van der Waals surface area contributed by atoms with Gasteiger partial charge in [-0.25, -0.2) is 0 Å². The third kappa shape index (κ3) is 4.12. The normalized spacial score (nSPS) is 14.4. The summed E-state index contributed by atoms with van der Waals surface area (Å²) >= 11 is 0. The molecule has 2 aromatic rings. The van der Waals surface area contributed by atoms with E-state index in [1.54, 1.807) is 6.92 Å². The van der Waals surface area contributed by atoms with Crippen molar-refractivity contribution in [1.82, 2.24) is 10.5 Å². The Balaban J connectivity index is 1.61. The number of nitrogens with zero attached hydrogens (tertiary/aromatic N) is 1. The monoisotopic (exact) mass is 355 g/mol. The van der Waals surface area contributed by atoms with Crippen molar-refractivity contribution >= 4 is 17.5 Å². The lowest BCUT2D eigenvalue weighted by Gasteiger charge is -2.12. The molecule has 2 N–H and O–H groups in total. The molecule has 1 aliphatic carbocycles. The lowest BCUT2D eigenvalue weighted by Crippen LogP contribution is -2.24. The van der Waals surface area contributed by atoms with Crippen LogP contribution in [0, 0.1) is 12.8 Å². The van der Waals surface area contributed by atoms with Gasteiger partial charge in [-0.2, -0.15) is 0 Å². The standard InChI is InChI=1S/C20H25N3O3/c1-3-17-18(13(2)26-23-17)20(25)21-12-14-7-6-10-16(11-14)22-19(24)15-8-4-5-9-15/h6-7,10-11,15H,3-5,8-9,12H2,1-2H3,(H,21,25)(H,22,24). The molecule has 1 aromatic heterocycles. The van der Waals surface area contributed by atoms with Crippen molar-refractivity contribution in [2.45, 2.75) is 52.5 Å². The topological polar surface area (TPSA) is 84.2 Å². The van der Waals surface area contributed by atoms with Crippen LogP contribution in [-0.2, 0) is 17.8 Å². The molecule has 0 saturated heterocycles. The summed E-state index contributed by atoms with van der Waals surface area (Å²) in [4.78, 5) is 24.7. The molecule has 6 heteroatoms. The third-order valence-electron chi connectivity index (χ3n) is 4.87. The Morgan fingerprint density at radius 2 is 2.04 bits per heavy atom. The Morgan fingerprint density at radius 3 is 2.77 bits per heavy atom. The number of nitrogens with one attached hydrogen (secondary N) is 2. The largest absolute Gasteiger partial charge is 0.361 e. The number of hydrogen-bond donors (Lipinski definition) is 2. The molecular weight excluding hydrogens is 330 g/mol. The molecule has 138 valence electrons. The zero-order chi connectivity index (χ0) is 18.5. The van der Waals surface area contributed by atoms with Crippen molar-refractivity contribution in [2.75, 3.05) is 5.32 Å². The third-order valence-corrected chi connectivity index (χ3v) is 4.87. The molecule has 0 spiro atoms. The summed E-state index contributed by atoms with van der Waals surface area (Å²) in [6.07, 6.45) is 4.85. The fraction of sp³-hybridized carbons (Fsp3) is 0.450. The van der Waals surface area contributed by atoms with Gasteiger partial charge in [-0.05, 0) is 43.9 Å². The van der Waals surface area contributed by atoms with Gasteiger partial charge in [0.2, 0.25) is 5.91 Å². The van der Waals surface area contributed by atoms with Gasteiger partial charge in [0.25, 0.3) is 5.91 Å². The predicted molar refractivity (Wildman–Crippen MR) is 98.8 cm³/mol. The van der Waals surface area contributed by atoms with E-state index in [-0.39, 0.29) is 17.7 Å². The highest BCUT2D eigenvalue weighted by molar-refractivity contribution is 5.96. The fourth-order valence-electron chi connectivity index (χ4n) is 3.41. The van der Waals surface area contributed by atoms with E-state index in [1.807, 2.05) is 31.2 Å². The van der Waals surface area contributed by atoms with Crippen LogP contribution in [0.5, 0.6) is 0 Å². The molecule has 6 nitrogen and oxygen atoms in total. The molecule has 1 aliphatic rings. The number of hydrogen-bond acceptors (Lipinski definition) is 4. The van der Waals surface area contributed by atoms with Crippen molar-refractivity contribution in [3.8, 4) is 0 Å². The van der Waals surface area contributed by atoms with Gasteiger partial charge in [-0.3, -0.25) is 9.59 Å². The molecular formula is C20H25N3O3. The Bertz CT molecular complexity index is 791. The van der Waals surface area contributed by atoms with Gasteiger partial charge < -0.3 is 15.2 Å². The average molecular weight is 355 g/mol. The molecule has 2 amide bonds. The predicted octanol–water partition coefficient (Wildman–Crippen LogP) is 3.60. The first-order chi connectivity index (χ1) is 12.6. The van der Waals surface area contributed by atoms with Crippen LogP contribution in [0.15, 0.2) is 28.8 Å². The molecule has 1 saturated carbocycles. The van der Waals surface area contributed by atoms with Crippen molar-refractivity contribution in [2.24, 2.45) is 5.92 Å². The maximum Gasteiger partial charge on any atom is 0.257 e. The van der Waals surface area contributed by atoms with Gasteiger partial charge in [-0.15, -0.1) is 0 Å². The molecule has 1 heterocycles. The van der Waals surface area contributed by atoms with E-state index < -0.39 is 0 Å². The van der Waals surface area contributed by atoms with Crippen LogP contribution in [0.4, 0.5) is 5.69 Å². The second kappa shape index (κ2) is 8.17. The van der Waals surface area contributed by atoms with Gasteiger partial charge in [0, 0.05) is 18.2 Å². The number of rotatable bonds is 6. The van der Waals surface area contributed by atoms with Crippen LogP contribution in [-0.4, -0.2) is 17.0 Å². The van der Waals surface area contributed by atoms with Crippen molar-refractivity contribution < 1.29 is 14.1 Å². The average Bonchev–Trinajstić information content (AvgIpc) is 3.29. The molecule has 1 fully saturated rings. The zero-order valence-corrected chi connectivity index (χ0v) is 15.3. The Labute approximate surface area is 153 Å². The summed E-state index contributed by atoms with van der Waals surface area (Å²) < 4.78 is 5.11. The number of amides is 2. The maximum absolute atomic E-state index is 12.4. The molecule has 0 unspecified atom stereocenters. The van der Waals surface area contributed by atoms with Crippen LogP contribution in [0.2, 0.25) is 0 Å². The Morgan fingerprint density at radius 1 is 1.27 bits per heavy atom. The number of benzene rings is 1. The lowest BCUT2D eigenvalue weighted by atomic mass is 10.1. The van der Waals surface area contributed by atoms with Crippen molar-refractivity contribution in [1.29, 1.82) is 0 Å². The minimum Gasteiger partial charge on any atom is -0.361 e. The van der Waals surface area contributed by atoms with Gasteiger partial charge in [0.15, 0.2) is 0 Å². The summed E-state index contributed by atoms with van der Waals surface area (Å²) in [7, 11) is 0. The van der Waals surface area contributed by atoms with E-state index in [0.717, 1.165) is 36.9 Å². The maximum atomic E-state index is 12.4. The van der Waals surface area contributed by atoms with Gasteiger partial charge >= 0.3 is 0 Å². The summed E-state index contributed by atoms with van der Waals surface area (Å²) in [5.41, 5.74) is 2.87. The van der Waals surface area contributed by atoms with Crippen molar-refractivity contribution in [3.05, 3.63) is 46.8 Å². The summed E-state index contributed by atoms with van der Waals surface area (Å²) in [6.45, 7) is 4.05. The van der Waals surface area contributed by atoms with Crippen LogP contribution in [0.25, 0.3) is 0 Å². The van der Waals surface area contributed by atoms with Crippen LogP contribution in [0.1, 0.15) is 60.0 Å². The van der Waals surface area contributed by atoms with E-state index in [4.69, 9.17) is 4.52 Å². The van der Waals surface area contributed by atoms with E-state index in [0.29, 0.717) is 30.0 Å². The highest BCUT2D eigenvalue weighted by Gasteiger charge is 2.22. The van der Waals surface area contributed by atoms with E-state index in [2.05, 4.69) is 15.8 Å². The lowest BCUT2D eigenvalue weighted by molar-refractivity contribution is -0.119. The van der Waals surface area contributed by atoms with E-state index in [1.165, 1.54) is 0 Å². The number of aryl methyl sites for hydroxylation is 2. The fourth-order valence-corrected chi connectivity index (χ4v) is 3.41. The number of aromatic nitrogens is 1. The van der Waals surface area contributed by atoms with Crippen molar-refractivity contribution in [3.63, 3.8) is 0 Å². The summed E-state index contributed by atoms with van der Waals surface area (Å²) in [5.74, 6) is 0.552. The summed E-state index contributed by atoms with van der Waals surface area (Å²) in [5, 5.41) is 9.80. The SMILES string of the molecule is CCc1noc(C)c1C(=O)NCc1cccc(NC(=O)C2CCCC2)c1. The molecule has 26 heavy (non-hydrogen) atoms. The Kier molecular flexibility index (Phi) is 5.71. The molecule has 0 aliphatic heterocycles. The van der Waals surface area contributed by atoms with E-state index in [9.17, 15) is 9.59 Å². The van der Waals surface area contributed by atoms with Crippen LogP contribution in [0.3, 0.4) is 0 Å². The molecule has 3 rings (SSSR count). The second-order valence-corrected chi connectivity index (χ2v) is 6.77. The minimum atomic E-state index is -0.194. The molecule has 1 aromatic carbocycles. The molecule has 0 atom stereocenters. The van der Waals surface area contributed by atoms with Gasteiger partial charge in [0.05, 0.1) is 5.69 Å². The van der Waals surface area contributed by atoms with Gasteiger partial charge in [-0.1, -0.05) is 37.1 Å². The second-order valence-electron chi connectivity index (χ2n) is 6.77. The first kappa shape index (κ1) is 18.2. The van der Waals surface area contributed by atoms with Gasteiger partial charge in [0.1, 0.15) is 11.3 Å². The molecule has 0 bridgehead atoms. The number of carbonyl (C=O) groups excluding carboxylic acids is 2. The highest BCUT2D eigenvalue weighted by Crippen LogP contribution is 2.26. The minimum absolute atomic E-state index is 0.0939. The zero-order valence-electron chi connectivity index (χ0n) is 15.3. The Hall–Kier alpha value is -2.63. The highest BCUT2D eigenvalue weighted by atomic mass is 16.5. The quantitative estimate of drug-likeness (QED) is 0.829. The van der Waals surface area contributed by atoms with Crippen LogP contribution >= 0.6 is 0 Å². The van der Waals surface area contributed by atoms with Crippen LogP contribution < -0.4 is 10.6 Å². The first-order valence-electron chi connectivity index (χ1n) is 9.21. The number of anilines is 1. The number of carbonyl (C=O) groups is 2. The van der Waals surface area contributed by atoms with E-state index >= 15 is 0 Å². The smallest absolute Gasteiger partial charge is 0.257 e.